The van der Waals surface area contributed by atoms with Crippen LogP contribution in [0.1, 0.15) is 34.8 Å². The van der Waals surface area contributed by atoms with Crippen molar-refractivity contribution in [2.75, 3.05) is 47.1 Å². The highest BCUT2D eigenvalue weighted by molar-refractivity contribution is 5.97. The molecule has 8 nitrogen and oxygen atoms in total. The second kappa shape index (κ2) is 10.7. The maximum absolute atomic E-state index is 12.8. The number of nitrogens with one attached hydrogen (secondary N) is 2. The lowest BCUT2D eigenvalue weighted by molar-refractivity contribution is -0.121. The van der Waals surface area contributed by atoms with Crippen molar-refractivity contribution < 1.29 is 19.1 Å². The summed E-state index contributed by atoms with van der Waals surface area (Å²) in [5.74, 6) is 0.592. The minimum Gasteiger partial charge on any atom is -0.454 e. The molecule has 1 atom stereocenters. The highest BCUT2D eigenvalue weighted by atomic mass is 16.7. The molecule has 2 amide bonds. The Morgan fingerprint density at radius 2 is 1.82 bits per heavy atom. The smallest absolute Gasteiger partial charge is 0.251 e. The normalized spacial score (nSPS) is 17.1. The molecule has 0 unspecified atom stereocenters. The predicted molar refractivity (Wildman–Crippen MR) is 125 cm³/mol. The Balaban J connectivity index is 1.34. The van der Waals surface area contributed by atoms with Gasteiger partial charge in [-0.2, -0.15) is 0 Å². The highest BCUT2D eigenvalue weighted by Gasteiger charge is 2.24. The number of likely N-dealkylation sites (tertiary alicyclic amines) is 1. The van der Waals surface area contributed by atoms with E-state index in [1.807, 2.05) is 30.3 Å². The van der Waals surface area contributed by atoms with Gasteiger partial charge in [-0.15, -0.1) is 0 Å². The number of hydrogen-bond donors (Lipinski definition) is 2. The van der Waals surface area contributed by atoms with E-state index in [9.17, 15) is 9.59 Å². The van der Waals surface area contributed by atoms with E-state index in [2.05, 4.69) is 34.5 Å². The van der Waals surface area contributed by atoms with E-state index >= 15 is 0 Å². The molecule has 0 saturated carbocycles. The average Bonchev–Trinajstić information content (AvgIpc) is 3.31. The summed E-state index contributed by atoms with van der Waals surface area (Å²) in [6, 6.07) is 15.3. The van der Waals surface area contributed by atoms with Gasteiger partial charge in [0.1, 0.15) is 0 Å². The average molecular weight is 453 g/mol. The topological polar surface area (TPSA) is 83.1 Å². The zero-order valence-electron chi connectivity index (χ0n) is 19.3. The summed E-state index contributed by atoms with van der Waals surface area (Å²) in [7, 11) is 4.28. The van der Waals surface area contributed by atoms with Crippen LogP contribution >= 0.6 is 0 Å². The standard InChI is InChI=1S/C25H32N4O4/c1-28-12-10-20(11-13-28)29(2)16-21(18-6-4-3-5-7-18)27-24(30)15-26-25(31)19-8-9-22-23(14-19)33-17-32-22/h3-9,14,20-21H,10-13,15-17H2,1-2H3,(H,26,31)(H,27,30)/t21-/m1/s1. The van der Waals surface area contributed by atoms with Gasteiger partial charge in [-0.1, -0.05) is 30.3 Å². The van der Waals surface area contributed by atoms with Crippen LogP contribution < -0.4 is 20.1 Å². The Hall–Kier alpha value is -3.10. The predicted octanol–water partition coefficient (Wildman–Crippen LogP) is 2.03. The van der Waals surface area contributed by atoms with Crippen molar-refractivity contribution in [2.45, 2.75) is 24.9 Å². The molecule has 0 radical (unpaired) electrons. The van der Waals surface area contributed by atoms with Crippen LogP contribution in [0.4, 0.5) is 0 Å². The van der Waals surface area contributed by atoms with Crippen LogP contribution in [-0.4, -0.2) is 74.7 Å². The number of ether oxygens (including phenoxy) is 2. The minimum atomic E-state index is -0.330. The first-order valence-corrected chi connectivity index (χ1v) is 11.4. The van der Waals surface area contributed by atoms with E-state index in [-0.39, 0.29) is 31.2 Å². The quantitative estimate of drug-likeness (QED) is 0.638. The van der Waals surface area contributed by atoms with Crippen LogP contribution in [0.25, 0.3) is 0 Å². The molecule has 2 N–H and O–H groups in total. The molecule has 0 bridgehead atoms. The van der Waals surface area contributed by atoms with E-state index in [1.54, 1.807) is 18.2 Å². The van der Waals surface area contributed by atoms with Crippen LogP contribution in [0, 0.1) is 0 Å². The van der Waals surface area contributed by atoms with Crippen LogP contribution in [-0.2, 0) is 4.79 Å². The summed E-state index contributed by atoms with van der Waals surface area (Å²) in [6.07, 6.45) is 2.24. The Bertz CT molecular complexity index is 960. The number of piperidine rings is 1. The van der Waals surface area contributed by atoms with E-state index in [0.717, 1.165) is 31.5 Å². The summed E-state index contributed by atoms with van der Waals surface area (Å²) in [4.78, 5) is 30.0. The van der Waals surface area contributed by atoms with Gasteiger partial charge in [0, 0.05) is 18.2 Å². The molecule has 2 heterocycles. The van der Waals surface area contributed by atoms with Crippen LogP contribution in [0.15, 0.2) is 48.5 Å². The lowest BCUT2D eigenvalue weighted by atomic mass is 10.0. The van der Waals surface area contributed by atoms with E-state index < -0.39 is 0 Å². The largest absolute Gasteiger partial charge is 0.454 e. The first-order valence-electron chi connectivity index (χ1n) is 11.4. The van der Waals surface area contributed by atoms with Gasteiger partial charge in [-0.05, 0) is 63.8 Å². The third-order valence-electron chi connectivity index (χ3n) is 6.36. The molecule has 2 aromatic rings. The van der Waals surface area contributed by atoms with Crippen LogP contribution in [0.3, 0.4) is 0 Å². The summed E-state index contributed by atoms with van der Waals surface area (Å²) in [5.41, 5.74) is 1.47. The second-order valence-electron chi connectivity index (χ2n) is 8.76. The first-order chi connectivity index (χ1) is 16.0. The van der Waals surface area contributed by atoms with Crippen LogP contribution in [0.5, 0.6) is 11.5 Å². The minimum absolute atomic E-state index is 0.103. The molecule has 1 saturated heterocycles. The molecule has 176 valence electrons. The van der Waals surface area contributed by atoms with E-state index in [4.69, 9.17) is 9.47 Å². The zero-order chi connectivity index (χ0) is 23.2. The molecular weight excluding hydrogens is 420 g/mol. The third-order valence-corrected chi connectivity index (χ3v) is 6.36. The molecule has 2 aliphatic rings. The SMILES string of the molecule is CN1CCC(N(C)C[C@@H](NC(=O)CNC(=O)c2ccc3c(c2)OCO3)c2ccccc2)CC1. The number of fused-ring (bicyclic) bond motifs is 1. The first kappa shape index (κ1) is 23.1. The molecule has 1 fully saturated rings. The summed E-state index contributed by atoms with van der Waals surface area (Å²) in [5, 5.41) is 5.81. The van der Waals surface area contributed by atoms with Crippen molar-refractivity contribution in [2.24, 2.45) is 0 Å². The summed E-state index contributed by atoms with van der Waals surface area (Å²) in [6.45, 7) is 2.93. The van der Waals surface area contributed by atoms with Gasteiger partial charge in [0.25, 0.3) is 5.91 Å². The number of amides is 2. The Morgan fingerprint density at radius 1 is 1.09 bits per heavy atom. The van der Waals surface area contributed by atoms with Gasteiger partial charge < -0.3 is 29.9 Å². The molecular formula is C25H32N4O4. The molecule has 8 heteroatoms. The van der Waals surface area contributed by atoms with Crippen LogP contribution in [0.2, 0.25) is 0 Å². The van der Waals surface area contributed by atoms with E-state index in [0.29, 0.717) is 29.6 Å². The van der Waals surface area contributed by atoms with Crippen molar-refractivity contribution in [1.29, 1.82) is 0 Å². The van der Waals surface area contributed by atoms with Gasteiger partial charge in [0.05, 0.1) is 12.6 Å². The fourth-order valence-electron chi connectivity index (χ4n) is 4.34. The molecule has 0 spiro atoms. The number of nitrogens with zero attached hydrogens (tertiary/aromatic N) is 2. The van der Waals surface area contributed by atoms with Gasteiger partial charge in [0.2, 0.25) is 12.7 Å². The number of rotatable bonds is 8. The van der Waals surface area contributed by atoms with Crippen molar-refractivity contribution in [3.63, 3.8) is 0 Å². The molecule has 33 heavy (non-hydrogen) atoms. The van der Waals surface area contributed by atoms with Gasteiger partial charge in [0.15, 0.2) is 11.5 Å². The van der Waals surface area contributed by atoms with E-state index in [1.165, 1.54) is 0 Å². The number of carbonyl (C=O) groups is 2. The third kappa shape index (κ3) is 6.03. The lowest BCUT2D eigenvalue weighted by Crippen LogP contribution is -2.46. The molecule has 2 aromatic carbocycles. The monoisotopic (exact) mass is 452 g/mol. The maximum Gasteiger partial charge on any atom is 0.251 e. The number of carbonyl (C=O) groups excluding carboxylic acids is 2. The molecule has 0 aromatic heterocycles. The van der Waals surface area contributed by atoms with Gasteiger partial charge in [-0.3, -0.25) is 9.59 Å². The fraction of sp³-hybridized carbons (Fsp3) is 0.440. The second-order valence-corrected chi connectivity index (χ2v) is 8.76. The maximum atomic E-state index is 12.8. The molecule has 4 rings (SSSR count). The van der Waals surface area contributed by atoms with Crippen molar-refractivity contribution in [1.82, 2.24) is 20.4 Å². The Morgan fingerprint density at radius 3 is 2.58 bits per heavy atom. The zero-order valence-corrected chi connectivity index (χ0v) is 19.3. The number of benzene rings is 2. The van der Waals surface area contributed by atoms with Crippen molar-refractivity contribution in [3.8, 4) is 11.5 Å². The Kier molecular flexibility index (Phi) is 7.47. The molecule has 0 aliphatic carbocycles. The lowest BCUT2D eigenvalue weighted by Gasteiger charge is -2.37. The fourth-order valence-corrected chi connectivity index (χ4v) is 4.34. The highest BCUT2D eigenvalue weighted by Crippen LogP contribution is 2.32. The van der Waals surface area contributed by atoms with Crippen molar-refractivity contribution in [3.05, 3.63) is 59.7 Å². The summed E-state index contributed by atoms with van der Waals surface area (Å²) < 4.78 is 10.6. The van der Waals surface area contributed by atoms with Gasteiger partial charge >= 0.3 is 0 Å². The van der Waals surface area contributed by atoms with Crippen molar-refractivity contribution >= 4 is 11.8 Å². The number of hydrogen-bond acceptors (Lipinski definition) is 6. The molecule has 2 aliphatic heterocycles. The van der Waals surface area contributed by atoms with Gasteiger partial charge in [-0.25, -0.2) is 0 Å². The summed E-state index contributed by atoms with van der Waals surface area (Å²) >= 11 is 0. The number of likely N-dealkylation sites (N-methyl/N-ethyl adjacent to an activating group) is 1. The Labute approximate surface area is 194 Å².